The highest BCUT2D eigenvalue weighted by Crippen LogP contribution is 2.41. The van der Waals surface area contributed by atoms with Crippen LogP contribution in [0.15, 0.2) is 194 Å². The van der Waals surface area contributed by atoms with Crippen LogP contribution in [0.2, 0.25) is 26.2 Å². The van der Waals surface area contributed by atoms with E-state index in [0.29, 0.717) is 0 Å². The van der Waals surface area contributed by atoms with Crippen molar-refractivity contribution in [2.24, 2.45) is 0 Å². The van der Waals surface area contributed by atoms with Crippen LogP contribution >= 0.6 is 0 Å². The molecule has 0 saturated carbocycles. The van der Waals surface area contributed by atoms with Gasteiger partial charge in [0.05, 0.1) is 14.2 Å². The molecule has 0 amide bonds. The number of rotatable bonds is 11. The van der Waals surface area contributed by atoms with Crippen LogP contribution in [-0.4, -0.2) is 57.6 Å². The highest BCUT2D eigenvalue weighted by atomic mass is 29.8. The topological polar surface area (TPSA) is 6.48 Å². The average molecular weight is 821 g/mol. The molecule has 0 aliphatic heterocycles. The van der Waals surface area contributed by atoms with Crippen LogP contribution in [-0.2, 0) is 0 Å². The van der Waals surface area contributed by atoms with E-state index < -0.39 is 29.4 Å². The van der Waals surface area contributed by atoms with Crippen LogP contribution in [0.3, 0.4) is 0 Å². The monoisotopic (exact) mass is 820 g/mol. The van der Waals surface area contributed by atoms with Gasteiger partial charge < -0.3 is 9.80 Å². The van der Waals surface area contributed by atoms with Crippen LogP contribution in [0.5, 0.6) is 0 Å². The van der Waals surface area contributed by atoms with Crippen molar-refractivity contribution < 1.29 is 0 Å². The minimum atomic E-state index is -2.98. The Morgan fingerprint density at radius 1 is 0.293 bits per heavy atom. The van der Waals surface area contributed by atoms with Gasteiger partial charge in [-0.3, -0.25) is 0 Å². The molecule has 0 aliphatic rings. The summed E-state index contributed by atoms with van der Waals surface area (Å²) in [6, 6.07) is 75.9. The molecule has 0 saturated heterocycles. The molecular formula is C52H56N2Si4. The van der Waals surface area contributed by atoms with Crippen LogP contribution in [0.25, 0.3) is 21.5 Å². The summed E-state index contributed by atoms with van der Waals surface area (Å²) in [6.07, 6.45) is 0. The average Bonchev–Trinajstić information content (AvgIpc) is 3.28. The second-order valence-electron chi connectivity index (χ2n) is 17.1. The van der Waals surface area contributed by atoms with Gasteiger partial charge in [-0.15, -0.1) is 0 Å². The number of fused-ring (bicyclic) bond motifs is 2. The number of anilines is 2. The fraction of sp³-hybridized carbons (Fsp3) is 0.154. The third-order valence-corrected chi connectivity index (χ3v) is 74.1. The van der Waals surface area contributed by atoms with E-state index in [9.17, 15) is 0 Å². The zero-order valence-electron chi connectivity index (χ0n) is 35.4. The van der Waals surface area contributed by atoms with E-state index in [1.165, 1.54) is 53.7 Å². The maximum atomic E-state index is 2.90. The van der Waals surface area contributed by atoms with Crippen molar-refractivity contribution in [1.29, 1.82) is 0 Å². The summed E-state index contributed by atoms with van der Waals surface area (Å²) in [6.45, 7) is 11.4. The predicted molar refractivity (Wildman–Crippen MR) is 267 cm³/mol. The lowest BCUT2D eigenvalue weighted by Crippen LogP contribution is -2.98. The third kappa shape index (κ3) is 5.91. The van der Waals surface area contributed by atoms with E-state index in [4.69, 9.17) is 0 Å². The zero-order chi connectivity index (χ0) is 40.7. The number of hydrogen-bond acceptors (Lipinski definition) is 2. The largest absolute Gasteiger partial charge is 0.377 e. The summed E-state index contributed by atoms with van der Waals surface area (Å²) in [5, 5.41) is 14.8. The SMILES string of the molecule is CN(C)c1cccc2cccc([Si](C)([Si](C)(c3ccccc3)c3ccccc3)[Si](C)(c3cccc4cccc(N(C)C)c34)[Si](C)(c3ccccc3)c3ccccc3)c12. The summed E-state index contributed by atoms with van der Waals surface area (Å²) in [7, 11) is -2.63. The Balaban J connectivity index is 1.73. The highest BCUT2D eigenvalue weighted by Gasteiger charge is 2.70. The van der Waals surface area contributed by atoms with E-state index >= 15 is 0 Å². The second-order valence-corrected chi connectivity index (χ2v) is 50.5. The molecular weight excluding hydrogens is 765 g/mol. The fourth-order valence-corrected chi connectivity index (χ4v) is 86.9. The maximum Gasteiger partial charge on any atom is 0.110 e. The third-order valence-electron chi connectivity index (χ3n) is 14.2. The first kappa shape index (κ1) is 39.6. The molecule has 2 atom stereocenters. The minimum absolute atomic E-state index is 1.30. The Bertz CT molecular complexity index is 2410. The Morgan fingerprint density at radius 3 is 0.810 bits per heavy atom. The molecule has 0 radical (unpaired) electrons. The lowest BCUT2D eigenvalue weighted by molar-refractivity contribution is 1.14. The number of benzene rings is 8. The van der Waals surface area contributed by atoms with Crippen molar-refractivity contribution in [3.63, 3.8) is 0 Å². The summed E-state index contributed by atoms with van der Waals surface area (Å²) in [4.78, 5) is 4.72. The van der Waals surface area contributed by atoms with Gasteiger partial charge in [-0.2, -0.15) is 0 Å². The molecule has 2 nitrogen and oxygen atoms in total. The molecule has 8 aromatic rings. The first-order valence-electron chi connectivity index (χ1n) is 20.6. The van der Waals surface area contributed by atoms with Crippen LogP contribution < -0.4 is 40.9 Å². The van der Waals surface area contributed by atoms with E-state index in [0.717, 1.165) is 0 Å². The van der Waals surface area contributed by atoms with Gasteiger partial charge in [-0.05, 0) is 22.9 Å². The molecule has 8 aromatic carbocycles. The van der Waals surface area contributed by atoms with Crippen molar-refractivity contribution in [2.75, 3.05) is 38.0 Å². The second kappa shape index (κ2) is 15.5. The van der Waals surface area contributed by atoms with E-state index in [-0.39, 0.29) is 0 Å². The van der Waals surface area contributed by atoms with Gasteiger partial charge in [-0.25, -0.2) is 0 Å². The van der Waals surface area contributed by atoms with Gasteiger partial charge in [-0.1, -0.05) is 239 Å². The number of nitrogens with zero attached hydrogens (tertiary/aromatic N) is 2. The fourth-order valence-electron chi connectivity index (χ4n) is 10.9. The molecule has 8 rings (SSSR count). The van der Waals surface area contributed by atoms with Crippen molar-refractivity contribution >= 4 is 93.4 Å². The standard InChI is InChI=1S/C52H56N2Si4/c1-53(2)47-37-21-25-41-27-23-39-49(51(41)47)57(7,55(5,43-29-13-9-14-30-43)44-31-15-10-16-32-44)58(8,50-40-24-28-42-26-22-38-48(52(42)50)54(3)4)56(6,45-33-17-11-18-34-45)46-35-19-12-20-36-46/h9-40H,1-8H3. The van der Waals surface area contributed by atoms with Gasteiger partial charge in [0.15, 0.2) is 0 Å². The van der Waals surface area contributed by atoms with E-state index in [1.807, 2.05) is 0 Å². The molecule has 0 spiro atoms. The van der Waals surface area contributed by atoms with Crippen molar-refractivity contribution in [3.8, 4) is 0 Å². The Kier molecular flexibility index (Phi) is 10.6. The van der Waals surface area contributed by atoms with Crippen molar-refractivity contribution in [2.45, 2.75) is 26.2 Å². The predicted octanol–water partition coefficient (Wildman–Crippen LogP) is 8.42. The first-order valence-corrected chi connectivity index (χ1v) is 33.6. The van der Waals surface area contributed by atoms with Gasteiger partial charge in [0.25, 0.3) is 0 Å². The molecule has 0 aromatic heterocycles. The van der Waals surface area contributed by atoms with E-state index in [1.54, 1.807) is 10.4 Å². The van der Waals surface area contributed by atoms with Crippen LogP contribution in [0.4, 0.5) is 11.4 Å². The van der Waals surface area contributed by atoms with Crippen molar-refractivity contribution in [1.82, 2.24) is 0 Å². The smallest absolute Gasteiger partial charge is 0.110 e. The lowest BCUT2D eigenvalue weighted by Gasteiger charge is -2.61. The summed E-state index contributed by atoms with van der Waals surface area (Å²) < 4.78 is 0. The Hall–Kier alpha value is -5.25. The quantitative estimate of drug-likeness (QED) is 0.121. The highest BCUT2D eigenvalue weighted by molar-refractivity contribution is 7.94. The van der Waals surface area contributed by atoms with Gasteiger partial charge in [0.1, 0.15) is 15.2 Å². The molecule has 0 aliphatic carbocycles. The molecule has 0 N–H and O–H groups in total. The molecule has 6 heteroatoms. The Labute approximate surface area is 349 Å². The van der Waals surface area contributed by atoms with Gasteiger partial charge in [0, 0.05) is 50.3 Å². The minimum Gasteiger partial charge on any atom is -0.377 e. The summed E-state index contributed by atoms with van der Waals surface area (Å²) >= 11 is 0. The van der Waals surface area contributed by atoms with Gasteiger partial charge in [0.2, 0.25) is 0 Å². The summed E-state index contributed by atoms with van der Waals surface area (Å²) in [5.74, 6) is 0. The molecule has 0 fully saturated rings. The Morgan fingerprint density at radius 2 is 0.552 bits per heavy atom. The molecule has 290 valence electrons. The lowest BCUT2D eigenvalue weighted by atomic mass is 10.1. The van der Waals surface area contributed by atoms with Crippen LogP contribution in [0.1, 0.15) is 0 Å². The zero-order valence-corrected chi connectivity index (χ0v) is 39.4. The van der Waals surface area contributed by atoms with E-state index in [2.05, 4.69) is 258 Å². The maximum absolute atomic E-state index is 2.98. The molecule has 2 unspecified atom stereocenters. The molecule has 0 bridgehead atoms. The molecule has 0 heterocycles. The molecule has 58 heavy (non-hydrogen) atoms. The summed E-state index contributed by atoms with van der Waals surface area (Å²) in [5.41, 5.74) is 2.60. The van der Waals surface area contributed by atoms with Crippen molar-refractivity contribution in [3.05, 3.63) is 194 Å². The van der Waals surface area contributed by atoms with Gasteiger partial charge >= 0.3 is 0 Å². The normalized spacial score (nSPS) is 14.1. The number of hydrogen-bond donors (Lipinski definition) is 0. The van der Waals surface area contributed by atoms with Crippen LogP contribution in [0, 0.1) is 0 Å². The first-order chi connectivity index (χ1) is 28.0.